The number of benzene rings is 2. The molecule has 40 heavy (non-hydrogen) atoms. The molecule has 0 spiro atoms. The lowest BCUT2D eigenvalue weighted by Gasteiger charge is -2.10. The fourth-order valence-corrected chi connectivity index (χ4v) is 5.26. The summed E-state index contributed by atoms with van der Waals surface area (Å²) in [6, 6.07) is 15.1. The van der Waals surface area contributed by atoms with Crippen LogP contribution in [0.4, 0.5) is 0 Å². The molecule has 2 N–H and O–H groups in total. The number of primary sulfonamides is 1. The van der Waals surface area contributed by atoms with E-state index in [1.165, 1.54) is 28.0 Å². The zero-order valence-corrected chi connectivity index (χ0v) is 23.4. The number of rotatable bonds is 10. The van der Waals surface area contributed by atoms with Crippen molar-refractivity contribution in [3.8, 4) is 22.8 Å². The summed E-state index contributed by atoms with van der Waals surface area (Å²) in [7, 11) is -2.18. The maximum Gasteiger partial charge on any atom is 0.291 e. The predicted molar refractivity (Wildman–Crippen MR) is 154 cm³/mol. The molecule has 0 aliphatic heterocycles. The van der Waals surface area contributed by atoms with Gasteiger partial charge in [0, 0.05) is 11.6 Å². The quantitative estimate of drug-likeness (QED) is 0.246. The van der Waals surface area contributed by atoms with Gasteiger partial charge < -0.3 is 13.9 Å². The molecule has 0 amide bonds. The van der Waals surface area contributed by atoms with Gasteiger partial charge in [0.2, 0.25) is 15.0 Å². The number of hydrogen-bond acceptors (Lipinski definition) is 9. The van der Waals surface area contributed by atoms with Crippen LogP contribution in [0.25, 0.3) is 34.5 Å². The highest BCUT2D eigenvalue weighted by atomic mass is 32.2. The summed E-state index contributed by atoms with van der Waals surface area (Å²) in [6.45, 7) is 2.74. The number of sulfonamides is 1. The van der Waals surface area contributed by atoms with Crippen LogP contribution in [0.1, 0.15) is 36.9 Å². The summed E-state index contributed by atoms with van der Waals surface area (Å²) in [5.41, 5.74) is 1.24. The molecule has 5 rings (SSSR count). The molecule has 0 saturated carbocycles. The van der Waals surface area contributed by atoms with Crippen molar-refractivity contribution in [2.45, 2.75) is 24.7 Å². The number of nitrogens with two attached hydrogens (primary N) is 1. The van der Waals surface area contributed by atoms with Crippen LogP contribution < -0.4 is 24.7 Å². The van der Waals surface area contributed by atoms with E-state index in [1.807, 2.05) is 24.3 Å². The van der Waals surface area contributed by atoms with E-state index in [0.717, 1.165) is 18.4 Å². The minimum Gasteiger partial charge on any atom is -0.493 e. The van der Waals surface area contributed by atoms with Crippen molar-refractivity contribution < 1.29 is 22.3 Å². The van der Waals surface area contributed by atoms with Gasteiger partial charge in [-0.2, -0.15) is 9.50 Å². The van der Waals surface area contributed by atoms with Crippen molar-refractivity contribution in [3.05, 3.63) is 86.6 Å². The SMILES string of the molecule is CCCCOc1ccc(/C=C/c2nc3s/c(=C\c4ccc(-c5ccc(S(N)(=O)=O)cc5)o4)c(=O)n3n2)cc1OC. The fourth-order valence-electron chi connectivity index (χ4n) is 3.85. The van der Waals surface area contributed by atoms with Gasteiger partial charge in [0.1, 0.15) is 16.1 Å². The number of furan rings is 1. The predicted octanol–water partition coefficient (Wildman–Crippen LogP) is 3.96. The molecule has 5 aromatic rings. The Morgan fingerprint density at radius 3 is 2.58 bits per heavy atom. The first-order valence-corrected chi connectivity index (χ1v) is 14.7. The first-order chi connectivity index (χ1) is 19.2. The van der Waals surface area contributed by atoms with Gasteiger partial charge >= 0.3 is 0 Å². The summed E-state index contributed by atoms with van der Waals surface area (Å²) < 4.78 is 41.7. The number of fused-ring (bicyclic) bond motifs is 1. The lowest BCUT2D eigenvalue weighted by molar-refractivity contribution is 0.288. The van der Waals surface area contributed by atoms with Crippen LogP contribution in [0.15, 0.2) is 68.7 Å². The molecule has 0 saturated heterocycles. The van der Waals surface area contributed by atoms with E-state index in [2.05, 4.69) is 17.0 Å². The van der Waals surface area contributed by atoms with E-state index in [-0.39, 0.29) is 10.5 Å². The summed E-state index contributed by atoms with van der Waals surface area (Å²) >= 11 is 1.20. The van der Waals surface area contributed by atoms with Crippen LogP contribution in [0.2, 0.25) is 0 Å². The first kappa shape index (κ1) is 27.3. The number of ether oxygens (including phenoxy) is 2. The Morgan fingerprint density at radius 1 is 1.07 bits per heavy atom. The third-order valence-corrected chi connectivity index (χ3v) is 7.82. The number of aromatic nitrogens is 3. The highest BCUT2D eigenvalue weighted by Crippen LogP contribution is 2.29. The van der Waals surface area contributed by atoms with Gasteiger partial charge in [0.15, 0.2) is 17.3 Å². The zero-order chi connectivity index (χ0) is 28.3. The molecule has 0 bridgehead atoms. The average molecular weight is 579 g/mol. The van der Waals surface area contributed by atoms with Crippen LogP contribution in [0.3, 0.4) is 0 Å². The molecular weight excluding hydrogens is 552 g/mol. The number of methoxy groups -OCH3 is 1. The van der Waals surface area contributed by atoms with Crippen molar-refractivity contribution in [1.29, 1.82) is 0 Å². The topological polar surface area (TPSA) is 139 Å². The number of hydrogen-bond donors (Lipinski definition) is 1. The zero-order valence-electron chi connectivity index (χ0n) is 21.7. The number of thiazole rings is 1. The van der Waals surface area contributed by atoms with Crippen LogP contribution in [-0.2, 0) is 10.0 Å². The standard InChI is InChI=1S/C28H26N4O6S2/c1-3-4-15-37-23-12-5-18(16-24(23)36-2)6-14-26-30-28-32(31-26)27(33)25(39-28)17-20-9-13-22(38-20)19-7-10-21(11-8-19)40(29,34)35/h5-14,16-17H,3-4,15H2,1-2H3,(H2,29,34,35)/b14-6+,25-17-. The van der Waals surface area contributed by atoms with Gasteiger partial charge in [-0.05, 0) is 66.6 Å². The minimum absolute atomic E-state index is 0.0132. The summed E-state index contributed by atoms with van der Waals surface area (Å²) in [5, 5.41) is 9.48. The molecule has 0 unspecified atom stereocenters. The lowest BCUT2D eigenvalue weighted by Crippen LogP contribution is -2.23. The molecule has 0 radical (unpaired) electrons. The molecule has 0 fully saturated rings. The van der Waals surface area contributed by atoms with E-state index < -0.39 is 10.0 Å². The van der Waals surface area contributed by atoms with Crippen LogP contribution in [0.5, 0.6) is 11.5 Å². The van der Waals surface area contributed by atoms with E-state index in [4.69, 9.17) is 19.0 Å². The molecule has 0 aliphatic carbocycles. The summed E-state index contributed by atoms with van der Waals surface area (Å²) in [6.07, 6.45) is 7.22. The van der Waals surface area contributed by atoms with Gasteiger partial charge in [-0.1, -0.05) is 36.8 Å². The molecule has 10 nitrogen and oxygen atoms in total. The second-order valence-corrected chi connectivity index (χ2v) is 11.4. The largest absolute Gasteiger partial charge is 0.493 e. The lowest BCUT2D eigenvalue weighted by atomic mass is 10.2. The highest BCUT2D eigenvalue weighted by Gasteiger charge is 2.12. The monoisotopic (exact) mass is 578 g/mol. The van der Waals surface area contributed by atoms with Crippen molar-refractivity contribution in [3.63, 3.8) is 0 Å². The number of unbranched alkanes of at least 4 members (excludes halogenated alkanes) is 1. The Bertz CT molecular complexity index is 1900. The van der Waals surface area contributed by atoms with Crippen molar-refractivity contribution >= 4 is 44.5 Å². The van der Waals surface area contributed by atoms with Crippen LogP contribution in [0, 0.1) is 0 Å². The van der Waals surface area contributed by atoms with E-state index in [1.54, 1.807) is 43.5 Å². The molecule has 12 heteroatoms. The Labute approximate surface area is 234 Å². The minimum atomic E-state index is -3.78. The maximum atomic E-state index is 12.9. The van der Waals surface area contributed by atoms with E-state index >= 15 is 0 Å². The average Bonchev–Trinajstić information content (AvgIpc) is 3.64. The normalized spacial score (nSPS) is 12.5. The fraction of sp³-hybridized carbons (Fsp3) is 0.179. The van der Waals surface area contributed by atoms with Crippen molar-refractivity contribution in [1.82, 2.24) is 14.6 Å². The number of nitrogens with zero attached hydrogens (tertiary/aromatic N) is 3. The second-order valence-electron chi connectivity index (χ2n) is 8.80. The molecule has 2 aromatic carbocycles. The van der Waals surface area contributed by atoms with Crippen LogP contribution in [-0.4, -0.2) is 36.7 Å². The molecular formula is C28H26N4O6S2. The van der Waals surface area contributed by atoms with Crippen molar-refractivity contribution in [2.24, 2.45) is 5.14 Å². The third-order valence-electron chi connectivity index (χ3n) is 5.93. The van der Waals surface area contributed by atoms with Gasteiger partial charge in [-0.25, -0.2) is 13.6 Å². The second kappa shape index (κ2) is 11.5. The molecule has 0 atom stereocenters. The Hall–Kier alpha value is -4.26. The van der Waals surface area contributed by atoms with E-state index in [0.29, 0.717) is 50.5 Å². The first-order valence-electron chi connectivity index (χ1n) is 12.4. The van der Waals surface area contributed by atoms with Crippen LogP contribution >= 0.6 is 11.3 Å². The molecule has 3 heterocycles. The highest BCUT2D eigenvalue weighted by molar-refractivity contribution is 7.89. The van der Waals surface area contributed by atoms with Gasteiger partial charge in [-0.3, -0.25) is 4.79 Å². The summed E-state index contributed by atoms with van der Waals surface area (Å²) in [5.74, 6) is 2.71. The Balaban J connectivity index is 1.33. The van der Waals surface area contributed by atoms with E-state index in [9.17, 15) is 13.2 Å². The smallest absolute Gasteiger partial charge is 0.291 e. The van der Waals surface area contributed by atoms with Crippen molar-refractivity contribution in [2.75, 3.05) is 13.7 Å². The Morgan fingerprint density at radius 2 is 1.88 bits per heavy atom. The van der Waals surface area contributed by atoms with Gasteiger partial charge in [0.05, 0.1) is 18.6 Å². The van der Waals surface area contributed by atoms with Gasteiger partial charge in [0.25, 0.3) is 5.56 Å². The Kier molecular flexibility index (Phi) is 7.83. The molecule has 3 aromatic heterocycles. The molecule has 206 valence electrons. The molecule has 0 aliphatic rings. The maximum absolute atomic E-state index is 12.9. The summed E-state index contributed by atoms with van der Waals surface area (Å²) in [4.78, 5) is 17.9. The van der Waals surface area contributed by atoms with Gasteiger partial charge in [-0.15, -0.1) is 5.10 Å². The third kappa shape index (κ3) is 5.98.